The number of hydrogen-bond acceptors (Lipinski definition) is 1. The summed E-state index contributed by atoms with van der Waals surface area (Å²) in [6.07, 6.45) is 8.03. The molecule has 1 aromatic carbocycles. The van der Waals surface area contributed by atoms with Gasteiger partial charge >= 0.3 is 0 Å². The Kier molecular flexibility index (Phi) is 4.87. The van der Waals surface area contributed by atoms with Crippen molar-refractivity contribution in [2.75, 3.05) is 6.54 Å². The van der Waals surface area contributed by atoms with Gasteiger partial charge in [0.1, 0.15) is 0 Å². The van der Waals surface area contributed by atoms with Gasteiger partial charge in [-0.25, -0.2) is 0 Å². The first-order valence-corrected chi connectivity index (χ1v) is 7.14. The predicted octanol–water partition coefficient (Wildman–Crippen LogP) is 4.35. The highest BCUT2D eigenvalue weighted by atomic mass is 35.5. The van der Waals surface area contributed by atoms with Crippen LogP contribution in [0.25, 0.3) is 0 Å². The molecule has 1 atom stereocenters. The zero-order chi connectivity index (χ0) is 12.1. The molecule has 0 amide bonds. The van der Waals surface area contributed by atoms with E-state index >= 15 is 0 Å². The minimum absolute atomic E-state index is 0.637. The molecule has 0 aliphatic heterocycles. The second-order valence-electron chi connectivity index (χ2n) is 5.13. The molecule has 1 aliphatic rings. The zero-order valence-corrected chi connectivity index (χ0v) is 11.1. The van der Waals surface area contributed by atoms with Crippen molar-refractivity contribution in [2.24, 2.45) is 11.7 Å². The van der Waals surface area contributed by atoms with Crippen LogP contribution in [0.5, 0.6) is 0 Å². The third-order valence-electron chi connectivity index (χ3n) is 3.99. The molecule has 0 spiro atoms. The SMILES string of the molecule is NCCC(c1ccc(Cl)cc1)C1CCCCC1. The number of hydrogen-bond donors (Lipinski definition) is 1. The van der Waals surface area contributed by atoms with Gasteiger partial charge in [-0.05, 0) is 55.3 Å². The Bertz CT molecular complexity index is 327. The summed E-state index contributed by atoms with van der Waals surface area (Å²) in [5.74, 6) is 1.46. The van der Waals surface area contributed by atoms with Crippen LogP contribution in [0.4, 0.5) is 0 Å². The van der Waals surface area contributed by atoms with Crippen molar-refractivity contribution in [3.63, 3.8) is 0 Å². The van der Waals surface area contributed by atoms with Crippen molar-refractivity contribution in [1.82, 2.24) is 0 Å². The fraction of sp³-hybridized carbons (Fsp3) is 0.600. The fourth-order valence-corrected chi connectivity index (χ4v) is 3.23. The molecule has 0 heterocycles. The van der Waals surface area contributed by atoms with Crippen LogP contribution < -0.4 is 5.73 Å². The molecule has 17 heavy (non-hydrogen) atoms. The Morgan fingerprint density at radius 2 is 1.76 bits per heavy atom. The Hall–Kier alpha value is -0.530. The van der Waals surface area contributed by atoms with Crippen LogP contribution in [0.3, 0.4) is 0 Å². The van der Waals surface area contributed by atoms with Gasteiger partial charge in [0.05, 0.1) is 0 Å². The smallest absolute Gasteiger partial charge is 0.0406 e. The highest BCUT2D eigenvalue weighted by Crippen LogP contribution is 2.38. The first-order valence-electron chi connectivity index (χ1n) is 6.77. The minimum Gasteiger partial charge on any atom is -0.330 e. The van der Waals surface area contributed by atoms with Crippen molar-refractivity contribution in [2.45, 2.75) is 44.4 Å². The van der Waals surface area contributed by atoms with E-state index in [-0.39, 0.29) is 0 Å². The van der Waals surface area contributed by atoms with Crippen molar-refractivity contribution in [1.29, 1.82) is 0 Å². The highest BCUT2D eigenvalue weighted by molar-refractivity contribution is 6.30. The van der Waals surface area contributed by atoms with Crippen LogP contribution in [0.1, 0.15) is 50.0 Å². The molecule has 1 saturated carbocycles. The third kappa shape index (κ3) is 3.46. The maximum Gasteiger partial charge on any atom is 0.0406 e. The lowest BCUT2D eigenvalue weighted by Crippen LogP contribution is -2.19. The molecular weight excluding hydrogens is 230 g/mol. The number of benzene rings is 1. The molecule has 1 aromatic rings. The third-order valence-corrected chi connectivity index (χ3v) is 4.25. The summed E-state index contributed by atoms with van der Waals surface area (Å²) in [6, 6.07) is 8.36. The van der Waals surface area contributed by atoms with Crippen molar-refractivity contribution < 1.29 is 0 Å². The minimum atomic E-state index is 0.637. The van der Waals surface area contributed by atoms with Crippen molar-refractivity contribution >= 4 is 11.6 Å². The summed E-state index contributed by atoms with van der Waals surface area (Å²) >= 11 is 5.95. The van der Waals surface area contributed by atoms with Crippen molar-refractivity contribution in [3.8, 4) is 0 Å². The summed E-state index contributed by atoms with van der Waals surface area (Å²) < 4.78 is 0. The van der Waals surface area contributed by atoms with Crippen LogP contribution in [-0.2, 0) is 0 Å². The van der Waals surface area contributed by atoms with Gasteiger partial charge in [0.2, 0.25) is 0 Å². The molecule has 1 aliphatic carbocycles. The molecule has 2 rings (SSSR count). The summed E-state index contributed by atoms with van der Waals surface area (Å²) in [7, 11) is 0. The van der Waals surface area contributed by atoms with Gasteiger partial charge in [0.25, 0.3) is 0 Å². The normalized spacial score (nSPS) is 19.2. The van der Waals surface area contributed by atoms with Gasteiger partial charge in [-0.15, -0.1) is 0 Å². The first-order chi connectivity index (χ1) is 8.31. The molecule has 0 bridgehead atoms. The Morgan fingerprint density at radius 1 is 1.12 bits per heavy atom. The van der Waals surface area contributed by atoms with Crippen LogP contribution in [-0.4, -0.2) is 6.54 Å². The molecule has 0 saturated heterocycles. The fourth-order valence-electron chi connectivity index (χ4n) is 3.10. The van der Waals surface area contributed by atoms with Crippen LogP contribution in [0, 0.1) is 5.92 Å². The summed E-state index contributed by atoms with van der Waals surface area (Å²) in [4.78, 5) is 0. The molecule has 2 N–H and O–H groups in total. The van der Waals surface area contributed by atoms with Gasteiger partial charge in [-0.3, -0.25) is 0 Å². The Morgan fingerprint density at radius 3 is 2.35 bits per heavy atom. The quantitative estimate of drug-likeness (QED) is 0.846. The lowest BCUT2D eigenvalue weighted by molar-refractivity contribution is 0.296. The van der Waals surface area contributed by atoms with Gasteiger partial charge in [-0.2, -0.15) is 0 Å². The standard InChI is InChI=1S/C15H22ClN/c16-14-8-6-13(7-9-14)15(10-11-17)12-4-2-1-3-5-12/h6-9,12,15H,1-5,10-11,17H2. The zero-order valence-electron chi connectivity index (χ0n) is 10.4. The van der Waals surface area contributed by atoms with E-state index in [9.17, 15) is 0 Å². The maximum atomic E-state index is 5.95. The molecular formula is C15H22ClN. The predicted molar refractivity (Wildman–Crippen MR) is 74.4 cm³/mol. The maximum absolute atomic E-state index is 5.95. The van der Waals surface area contributed by atoms with Crippen molar-refractivity contribution in [3.05, 3.63) is 34.9 Å². The molecule has 1 nitrogen and oxygen atoms in total. The highest BCUT2D eigenvalue weighted by Gasteiger charge is 2.24. The van der Waals surface area contributed by atoms with Crippen LogP contribution in [0.15, 0.2) is 24.3 Å². The van der Waals surface area contributed by atoms with Crippen LogP contribution in [0.2, 0.25) is 5.02 Å². The van der Waals surface area contributed by atoms with E-state index in [4.69, 9.17) is 17.3 Å². The largest absolute Gasteiger partial charge is 0.330 e. The molecule has 94 valence electrons. The number of halogens is 1. The Balaban J connectivity index is 2.12. The van der Waals surface area contributed by atoms with E-state index < -0.39 is 0 Å². The van der Waals surface area contributed by atoms with Gasteiger partial charge in [-0.1, -0.05) is 43.0 Å². The molecule has 1 fully saturated rings. The van der Waals surface area contributed by atoms with E-state index in [1.54, 1.807) is 0 Å². The lowest BCUT2D eigenvalue weighted by Gasteiger charge is -2.30. The summed E-state index contributed by atoms with van der Waals surface area (Å²) in [5, 5.41) is 0.823. The van der Waals surface area contributed by atoms with E-state index in [0.29, 0.717) is 5.92 Å². The second-order valence-corrected chi connectivity index (χ2v) is 5.57. The number of nitrogens with two attached hydrogens (primary N) is 1. The van der Waals surface area contributed by atoms with E-state index in [1.165, 1.54) is 37.7 Å². The first kappa shape index (κ1) is 12.9. The summed E-state index contributed by atoms with van der Waals surface area (Å²) in [6.45, 7) is 0.782. The lowest BCUT2D eigenvalue weighted by atomic mass is 9.75. The average molecular weight is 252 g/mol. The average Bonchev–Trinajstić information content (AvgIpc) is 2.38. The number of rotatable bonds is 4. The van der Waals surface area contributed by atoms with Crippen LogP contribution >= 0.6 is 11.6 Å². The van der Waals surface area contributed by atoms with Gasteiger partial charge in [0, 0.05) is 5.02 Å². The Labute approximate surface area is 109 Å². The monoisotopic (exact) mass is 251 g/mol. The molecule has 2 heteroatoms. The molecule has 1 unspecified atom stereocenters. The van der Waals surface area contributed by atoms with E-state index in [0.717, 1.165) is 23.9 Å². The molecule has 0 aromatic heterocycles. The van der Waals surface area contributed by atoms with E-state index in [1.807, 2.05) is 12.1 Å². The van der Waals surface area contributed by atoms with Gasteiger partial charge < -0.3 is 5.73 Å². The summed E-state index contributed by atoms with van der Waals surface area (Å²) in [5.41, 5.74) is 7.20. The topological polar surface area (TPSA) is 26.0 Å². The van der Waals surface area contributed by atoms with Gasteiger partial charge in [0.15, 0.2) is 0 Å². The molecule has 0 radical (unpaired) electrons. The second kappa shape index (κ2) is 6.42. The van der Waals surface area contributed by atoms with E-state index in [2.05, 4.69) is 12.1 Å².